The van der Waals surface area contributed by atoms with Crippen LogP contribution in [0.2, 0.25) is 0 Å². The van der Waals surface area contributed by atoms with Gasteiger partial charge in [-0.3, -0.25) is 9.20 Å². The Labute approximate surface area is 188 Å². The van der Waals surface area contributed by atoms with Crippen molar-refractivity contribution < 1.29 is 0 Å². The molecule has 2 aromatic carbocycles. The first-order valence-corrected chi connectivity index (χ1v) is 10.8. The van der Waals surface area contributed by atoms with Crippen molar-refractivity contribution in [2.45, 2.75) is 45.4 Å². The van der Waals surface area contributed by atoms with Gasteiger partial charge in [0.25, 0.3) is 5.56 Å². The van der Waals surface area contributed by atoms with Gasteiger partial charge >= 0.3 is 0 Å². The van der Waals surface area contributed by atoms with Crippen molar-refractivity contribution in [2.24, 2.45) is 0 Å². The van der Waals surface area contributed by atoms with Crippen LogP contribution in [0.4, 0.5) is 5.69 Å². The van der Waals surface area contributed by atoms with Gasteiger partial charge in [0.15, 0.2) is 0 Å². The lowest BCUT2D eigenvalue weighted by Crippen LogP contribution is -2.20. The first kappa shape index (κ1) is 20.2. The standard InChI is InChI=1S/C28H25N3O/c1-27(2,3)21-16-23(32)31-15-14-22(30-26(31)25(21)29-6)18-11-9-13-20-24(18)17-10-7-8-12-19(17)28(20,4)5/h7-16H,1-5H3. The van der Waals surface area contributed by atoms with Crippen LogP contribution in [0.15, 0.2) is 65.6 Å². The lowest BCUT2D eigenvalue weighted by Gasteiger charge is -2.22. The van der Waals surface area contributed by atoms with E-state index < -0.39 is 0 Å². The van der Waals surface area contributed by atoms with E-state index in [1.54, 1.807) is 12.3 Å². The molecule has 0 atom stereocenters. The van der Waals surface area contributed by atoms with Crippen molar-refractivity contribution in [2.75, 3.05) is 0 Å². The van der Waals surface area contributed by atoms with Gasteiger partial charge in [0.05, 0.1) is 12.3 Å². The van der Waals surface area contributed by atoms with Crippen LogP contribution in [0.1, 0.15) is 51.3 Å². The van der Waals surface area contributed by atoms with E-state index in [2.05, 4.69) is 61.2 Å². The third-order valence-corrected chi connectivity index (χ3v) is 6.61. The molecular weight excluding hydrogens is 394 g/mol. The van der Waals surface area contributed by atoms with Crippen LogP contribution in [-0.4, -0.2) is 9.38 Å². The Bertz CT molecular complexity index is 1510. The molecule has 1 aliphatic rings. The Hall–Kier alpha value is -3.71. The van der Waals surface area contributed by atoms with Gasteiger partial charge in [0, 0.05) is 17.2 Å². The first-order chi connectivity index (χ1) is 15.1. The van der Waals surface area contributed by atoms with Gasteiger partial charge in [-0.15, -0.1) is 0 Å². The molecule has 1 aliphatic carbocycles. The van der Waals surface area contributed by atoms with Crippen molar-refractivity contribution in [1.29, 1.82) is 0 Å². The molecule has 0 saturated heterocycles. The summed E-state index contributed by atoms with van der Waals surface area (Å²) in [4.78, 5) is 21.5. The summed E-state index contributed by atoms with van der Waals surface area (Å²) in [5, 5.41) is 0. The van der Waals surface area contributed by atoms with Gasteiger partial charge in [0.2, 0.25) is 5.69 Å². The van der Waals surface area contributed by atoms with Crippen molar-refractivity contribution in [3.8, 4) is 22.4 Å². The van der Waals surface area contributed by atoms with E-state index in [9.17, 15) is 4.79 Å². The monoisotopic (exact) mass is 419 g/mol. The minimum atomic E-state index is -0.331. The molecule has 0 aliphatic heterocycles. The third kappa shape index (κ3) is 2.74. The van der Waals surface area contributed by atoms with E-state index in [0.29, 0.717) is 11.3 Å². The highest BCUT2D eigenvalue weighted by Crippen LogP contribution is 2.51. The Balaban J connectivity index is 1.84. The molecule has 4 nitrogen and oxygen atoms in total. The van der Waals surface area contributed by atoms with E-state index in [4.69, 9.17) is 11.6 Å². The Morgan fingerprint density at radius 3 is 2.38 bits per heavy atom. The zero-order valence-corrected chi connectivity index (χ0v) is 19.0. The molecule has 0 radical (unpaired) electrons. The number of fused-ring (bicyclic) bond motifs is 4. The molecule has 0 bridgehead atoms. The van der Waals surface area contributed by atoms with Gasteiger partial charge in [-0.25, -0.2) is 9.83 Å². The highest BCUT2D eigenvalue weighted by atomic mass is 16.1. The minimum Gasteiger partial charge on any atom is -0.277 e. The lowest BCUT2D eigenvalue weighted by atomic mass is 9.82. The zero-order chi connectivity index (χ0) is 22.8. The number of aromatic nitrogens is 2. The molecule has 0 unspecified atom stereocenters. The molecule has 158 valence electrons. The smallest absolute Gasteiger partial charge is 0.254 e. The lowest BCUT2D eigenvalue weighted by molar-refractivity contribution is 0.591. The van der Waals surface area contributed by atoms with Gasteiger partial charge in [-0.2, -0.15) is 0 Å². The number of hydrogen-bond acceptors (Lipinski definition) is 2. The van der Waals surface area contributed by atoms with E-state index in [-0.39, 0.29) is 16.4 Å². The normalized spacial score (nSPS) is 14.1. The largest absolute Gasteiger partial charge is 0.277 e. The number of benzene rings is 2. The molecule has 0 amide bonds. The Kier molecular flexibility index (Phi) is 4.19. The SMILES string of the molecule is [C-]#[N+]c1c(C(C)(C)C)cc(=O)n2ccc(-c3cccc4c3-c3ccccc3C4(C)C)nc12. The van der Waals surface area contributed by atoms with E-state index in [0.717, 1.165) is 16.8 Å². The summed E-state index contributed by atoms with van der Waals surface area (Å²) in [5.74, 6) is 0. The zero-order valence-electron chi connectivity index (χ0n) is 19.0. The number of hydrogen-bond donors (Lipinski definition) is 0. The predicted molar refractivity (Wildman–Crippen MR) is 129 cm³/mol. The van der Waals surface area contributed by atoms with Crippen molar-refractivity contribution >= 4 is 11.3 Å². The highest BCUT2D eigenvalue weighted by Gasteiger charge is 2.36. The summed E-state index contributed by atoms with van der Waals surface area (Å²) in [5.41, 5.74) is 7.75. The number of pyridine rings is 1. The molecule has 2 aromatic heterocycles. The van der Waals surface area contributed by atoms with Crippen molar-refractivity contribution in [3.05, 3.63) is 99.3 Å². The highest BCUT2D eigenvalue weighted by molar-refractivity contribution is 5.92. The summed E-state index contributed by atoms with van der Waals surface area (Å²) in [6.07, 6.45) is 1.74. The molecular formula is C28H25N3O. The van der Waals surface area contributed by atoms with Crippen LogP contribution < -0.4 is 5.56 Å². The maximum Gasteiger partial charge on any atom is 0.254 e. The van der Waals surface area contributed by atoms with Crippen LogP contribution in [0, 0.1) is 6.57 Å². The fourth-order valence-corrected chi connectivity index (χ4v) is 4.95. The number of nitrogens with zero attached hydrogens (tertiary/aromatic N) is 3. The van der Waals surface area contributed by atoms with Gasteiger partial charge in [-0.05, 0) is 45.4 Å². The maximum atomic E-state index is 12.8. The van der Waals surface area contributed by atoms with Crippen molar-refractivity contribution in [3.63, 3.8) is 0 Å². The Morgan fingerprint density at radius 2 is 1.66 bits per heavy atom. The second-order valence-corrected chi connectivity index (χ2v) is 10.0. The fraction of sp³-hybridized carbons (Fsp3) is 0.250. The molecule has 0 N–H and O–H groups in total. The van der Waals surface area contributed by atoms with Gasteiger partial charge in [-0.1, -0.05) is 77.1 Å². The minimum absolute atomic E-state index is 0.100. The second kappa shape index (κ2) is 6.64. The molecule has 32 heavy (non-hydrogen) atoms. The van der Waals surface area contributed by atoms with Gasteiger partial charge < -0.3 is 0 Å². The van der Waals surface area contributed by atoms with Crippen LogP contribution in [0.25, 0.3) is 32.9 Å². The summed E-state index contributed by atoms with van der Waals surface area (Å²) < 4.78 is 1.48. The molecule has 5 rings (SSSR count). The summed E-state index contributed by atoms with van der Waals surface area (Å²) >= 11 is 0. The summed E-state index contributed by atoms with van der Waals surface area (Å²) in [6, 6.07) is 18.3. The molecule has 2 heterocycles. The maximum absolute atomic E-state index is 12.8. The third-order valence-electron chi connectivity index (χ3n) is 6.61. The van der Waals surface area contributed by atoms with Crippen molar-refractivity contribution in [1.82, 2.24) is 9.38 Å². The predicted octanol–water partition coefficient (Wildman–Crippen LogP) is 6.52. The summed E-state index contributed by atoms with van der Waals surface area (Å²) in [6.45, 7) is 18.4. The first-order valence-electron chi connectivity index (χ1n) is 10.8. The average molecular weight is 420 g/mol. The summed E-state index contributed by atoms with van der Waals surface area (Å²) in [7, 11) is 0. The Morgan fingerprint density at radius 1 is 0.969 bits per heavy atom. The molecule has 0 saturated carbocycles. The molecule has 0 fully saturated rings. The topological polar surface area (TPSA) is 38.7 Å². The van der Waals surface area contributed by atoms with Crippen LogP contribution in [0.3, 0.4) is 0 Å². The van der Waals surface area contributed by atoms with E-state index >= 15 is 0 Å². The van der Waals surface area contributed by atoms with E-state index in [1.807, 2.05) is 26.8 Å². The van der Waals surface area contributed by atoms with Crippen LogP contribution in [-0.2, 0) is 10.8 Å². The molecule has 4 aromatic rings. The fourth-order valence-electron chi connectivity index (χ4n) is 4.95. The average Bonchev–Trinajstić information content (AvgIpc) is 3.00. The quantitative estimate of drug-likeness (QED) is 0.330. The van der Waals surface area contributed by atoms with Gasteiger partial charge in [0.1, 0.15) is 5.65 Å². The second-order valence-electron chi connectivity index (χ2n) is 10.0. The molecule has 0 spiro atoms. The van der Waals surface area contributed by atoms with Crippen LogP contribution in [0.5, 0.6) is 0 Å². The van der Waals surface area contributed by atoms with E-state index in [1.165, 1.54) is 26.7 Å². The molecule has 4 heteroatoms. The number of rotatable bonds is 1. The van der Waals surface area contributed by atoms with Crippen LogP contribution >= 0.6 is 0 Å².